The Hall–Kier alpha value is -0.160. The fourth-order valence-corrected chi connectivity index (χ4v) is 1.16. The van der Waals surface area contributed by atoms with Gasteiger partial charge in [0.25, 0.3) is 0 Å². The van der Waals surface area contributed by atoms with E-state index in [4.69, 9.17) is 18.9 Å². The quantitative estimate of drug-likeness (QED) is 0.338. The van der Waals surface area contributed by atoms with Crippen LogP contribution in [0.4, 0.5) is 0 Å². The Labute approximate surface area is 85.5 Å². The maximum Gasteiger partial charge on any atom is 0.164 e. The Kier molecular flexibility index (Phi) is 4.81. The summed E-state index contributed by atoms with van der Waals surface area (Å²) in [6.45, 7) is 4.24. The van der Waals surface area contributed by atoms with Gasteiger partial charge in [0.2, 0.25) is 0 Å². The van der Waals surface area contributed by atoms with Gasteiger partial charge in [-0.1, -0.05) is 0 Å². The Bertz CT molecular complexity index is 152. The van der Waals surface area contributed by atoms with E-state index in [2.05, 4.69) is 0 Å². The molecule has 0 aromatic rings. The van der Waals surface area contributed by atoms with Gasteiger partial charge >= 0.3 is 0 Å². The van der Waals surface area contributed by atoms with Crippen LogP contribution in [0.1, 0.15) is 19.8 Å². The van der Waals surface area contributed by atoms with E-state index < -0.39 is 5.79 Å². The summed E-state index contributed by atoms with van der Waals surface area (Å²) < 4.78 is 20.9. The maximum absolute atomic E-state index is 5.41. The maximum atomic E-state index is 5.41. The largest absolute Gasteiger partial charge is 0.379 e. The van der Waals surface area contributed by atoms with Crippen LogP contribution in [0.25, 0.3) is 0 Å². The highest BCUT2D eigenvalue weighted by atomic mass is 16.7. The van der Waals surface area contributed by atoms with Crippen molar-refractivity contribution >= 4 is 0 Å². The van der Waals surface area contributed by atoms with Crippen LogP contribution in [0.5, 0.6) is 0 Å². The first-order valence-corrected chi connectivity index (χ1v) is 5.00. The third-order valence-corrected chi connectivity index (χ3v) is 2.49. The summed E-state index contributed by atoms with van der Waals surface area (Å²) in [7, 11) is 3.31. The molecule has 4 heteroatoms. The average molecular weight is 204 g/mol. The second-order valence-corrected chi connectivity index (χ2v) is 3.68. The Morgan fingerprint density at radius 2 is 2.00 bits per heavy atom. The summed E-state index contributed by atoms with van der Waals surface area (Å²) in [5.74, 6) is -0.473. The molecule has 0 amide bonds. The molecule has 0 aromatic heterocycles. The molecule has 1 unspecified atom stereocenters. The molecule has 0 aromatic carbocycles. The fourth-order valence-electron chi connectivity index (χ4n) is 1.16. The number of hydrogen-bond acceptors (Lipinski definition) is 4. The summed E-state index contributed by atoms with van der Waals surface area (Å²) in [4.78, 5) is 0. The average Bonchev–Trinajstić information content (AvgIpc) is 3.01. The van der Waals surface area contributed by atoms with Gasteiger partial charge in [-0.25, -0.2) is 0 Å². The summed E-state index contributed by atoms with van der Waals surface area (Å²) >= 11 is 0. The van der Waals surface area contributed by atoms with E-state index in [9.17, 15) is 0 Å². The minimum absolute atomic E-state index is 0.353. The highest BCUT2D eigenvalue weighted by Crippen LogP contribution is 2.17. The zero-order valence-corrected chi connectivity index (χ0v) is 9.25. The number of ether oxygens (including phenoxy) is 4. The van der Waals surface area contributed by atoms with E-state index in [1.54, 1.807) is 14.2 Å². The number of epoxide rings is 1. The molecule has 4 nitrogen and oxygen atoms in total. The van der Waals surface area contributed by atoms with Crippen molar-refractivity contribution < 1.29 is 18.9 Å². The minimum Gasteiger partial charge on any atom is -0.379 e. The van der Waals surface area contributed by atoms with Crippen molar-refractivity contribution in [3.8, 4) is 0 Å². The smallest absolute Gasteiger partial charge is 0.164 e. The Balaban J connectivity index is 1.95. The minimum atomic E-state index is -0.473. The monoisotopic (exact) mass is 204 g/mol. The van der Waals surface area contributed by atoms with Crippen LogP contribution in [0, 0.1) is 0 Å². The highest BCUT2D eigenvalue weighted by Gasteiger charge is 2.23. The lowest BCUT2D eigenvalue weighted by Gasteiger charge is -2.26. The predicted octanol–water partition coefficient (Wildman–Crippen LogP) is 1.19. The molecule has 1 rings (SSSR count). The van der Waals surface area contributed by atoms with E-state index in [1.807, 2.05) is 6.92 Å². The van der Waals surface area contributed by atoms with Crippen LogP contribution in [0.3, 0.4) is 0 Å². The van der Waals surface area contributed by atoms with E-state index in [0.29, 0.717) is 6.10 Å². The number of rotatable bonds is 8. The van der Waals surface area contributed by atoms with Gasteiger partial charge in [0.15, 0.2) is 5.79 Å². The standard InChI is InChI=1S/C10H20O4/c1-10(11-2,12-3)5-4-6-13-7-9-8-14-9/h9H,4-8H2,1-3H3. The van der Waals surface area contributed by atoms with Gasteiger partial charge in [-0.15, -0.1) is 0 Å². The van der Waals surface area contributed by atoms with Gasteiger partial charge in [0.1, 0.15) is 6.10 Å². The second-order valence-electron chi connectivity index (χ2n) is 3.68. The van der Waals surface area contributed by atoms with Gasteiger partial charge < -0.3 is 18.9 Å². The lowest BCUT2D eigenvalue weighted by atomic mass is 10.2. The number of hydrogen-bond donors (Lipinski definition) is 0. The van der Waals surface area contributed by atoms with Crippen LogP contribution in [0.2, 0.25) is 0 Å². The van der Waals surface area contributed by atoms with E-state index >= 15 is 0 Å². The van der Waals surface area contributed by atoms with Gasteiger partial charge in [-0.05, 0) is 13.3 Å². The molecular weight excluding hydrogens is 184 g/mol. The summed E-state index contributed by atoms with van der Waals surface area (Å²) in [5, 5.41) is 0. The molecule has 1 fully saturated rings. The Morgan fingerprint density at radius 1 is 1.36 bits per heavy atom. The van der Waals surface area contributed by atoms with Crippen molar-refractivity contribution in [1.29, 1.82) is 0 Å². The van der Waals surface area contributed by atoms with Crippen LogP contribution in [-0.2, 0) is 18.9 Å². The van der Waals surface area contributed by atoms with Gasteiger partial charge in [-0.2, -0.15) is 0 Å². The second kappa shape index (κ2) is 5.66. The summed E-state index contributed by atoms with van der Waals surface area (Å²) in [6.07, 6.45) is 2.13. The molecule has 0 radical (unpaired) electrons. The van der Waals surface area contributed by atoms with Crippen molar-refractivity contribution in [2.45, 2.75) is 31.7 Å². The van der Waals surface area contributed by atoms with Crippen LogP contribution in [0.15, 0.2) is 0 Å². The molecule has 0 saturated carbocycles. The molecule has 0 spiro atoms. The third-order valence-electron chi connectivity index (χ3n) is 2.49. The van der Waals surface area contributed by atoms with Crippen LogP contribution < -0.4 is 0 Å². The molecule has 0 N–H and O–H groups in total. The molecule has 0 bridgehead atoms. The highest BCUT2D eigenvalue weighted by molar-refractivity contribution is 4.67. The molecule has 1 aliphatic heterocycles. The SMILES string of the molecule is COC(C)(CCCOCC1CO1)OC. The lowest BCUT2D eigenvalue weighted by molar-refractivity contribution is -0.199. The predicted molar refractivity (Wildman–Crippen MR) is 52.2 cm³/mol. The molecule has 84 valence electrons. The normalized spacial score (nSPS) is 21.2. The van der Waals surface area contributed by atoms with Gasteiger partial charge in [0.05, 0.1) is 13.2 Å². The first kappa shape index (κ1) is 11.9. The van der Waals surface area contributed by atoms with Gasteiger partial charge in [-0.3, -0.25) is 0 Å². The molecule has 1 aliphatic rings. The van der Waals surface area contributed by atoms with Gasteiger partial charge in [0, 0.05) is 27.2 Å². The first-order valence-electron chi connectivity index (χ1n) is 5.00. The molecule has 1 heterocycles. The summed E-state index contributed by atoms with van der Waals surface area (Å²) in [5.41, 5.74) is 0. The molecule has 1 atom stereocenters. The molecule has 14 heavy (non-hydrogen) atoms. The molecule has 0 aliphatic carbocycles. The first-order chi connectivity index (χ1) is 6.70. The van der Waals surface area contributed by atoms with E-state index in [0.717, 1.165) is 32.7 Å². The fraction of sp³-hybridized carbons (Fsp3) is 1.00. The zero-order valence-electron chi connectivity index (χ0n) is 9.25. The topological polar surface area (TPSA) is 40.2 Å². The van der Waals surface area contributed by atoms with E-state index in [1.165, 1.54) is 0 Å². The van der Waals surface area contributed by atoms with Crippen LogP contribution >= 0.6 is 0 Å². The summed E-state index contributed by atoms with van der Waals surface area (Å²) in [6, 6.07) is 0. The van der Waals surface area contributed by atoms with E-state index in [-0.39, 0.29) is 0 Å². The Morgan fingerprint density at radius 3 is 2.50 bits per heavy atom. The number of methoxy groups -OCH3 is 2. The van der Waals surface area contributed by atoms with Crippen molar-refractivity contribution in [2.75, 3.05) is 34.0 Å². The zero-order chi connectivity index (χ0) is 10.4. The van der Waals surface area contributed by atoms with Crippen molar-refractivity contribution in [1.82, 2.24) is 0 Å². The lowest BCUT2D eigenvalue weighted by Crippen LogP contribution is -2.29. The van der Waals surface area contributed by atoms with Crippen molar-refractivity contribution in [3.63, 3.8) is 0 Å². The molecule has 1 saturated heterocycles. The van der Waals surface area contributed by atoms with Crippen LogP contribution in [-0.4, -0.2) is 45.9 Å². The van der Waals surface area contributed by atoms with Crippen molar-refractivity contribution in [3.05, 3.63) is 0 Å². The van der Waals surface area contributed by atoms with Crippen molar-refractivity contribution in [2.24, 2.45) is 0 Å². The third kappa shape index (κ3) is 4.37. The molecular formula is C10H20O4.